The predicted octanol–water partition coefficient (Wildman–Crippen LogP) is 3.67. The Labute approximate surface area is 134 Å². The first-order valence-electron chi connectivity index (χ1n) is 6.39. The molecule has 5 nitrogen and oxygen atoms in total. The third-order valence-corrected chi connectivity index (χ3v) is 4.24. The molecule has 108 valence electrons. The summed E-state index contributed by atoms with van der Waals surface area (Å²) in [5, 5.41) is 0.723. The zero-order valence-electron chi connectivity index (χ0n) is 10.9. The van der Waals surface area contributed by atoms with Crippen LogP contribution in [0, 0.1) is 0 Å². The van der Waals surface area contributed by atoms with Crippen molar-refractivity contribution >= 4 is 52.0 Å². The SMILES string of the molecule is O=C1c2ccccc2C(=O)N1c1nc2cc(Cl)c(Cl)cc2[nH]1. The van der Waals surface area contributed by atoms with Crippen LogP contribution in [0.25, 0.3) is 11.0 Å². The number of aromatic nitrogens is 2. The smallest absolute Gasteiger partial charge is 0.268 e. The monoisotopic (exact) mass is 331 g/mol. The minimum absolute atomic E-state index is 0.152. The van der Waals surface area contributed by atoms with Crippen LogP contribution in [-0.4, -0.2) is 21.8 Å². The van der Waals surface area contributed by atoms with Gasteiger partial charge >= 0.3 is 0 Å². The molecule has 1 aromatic heterocycles. The molecule has 4 rings (SSSR count). The second kappa shape index (κ2) is 4.56. The molecule has 2 heterocycles. The first kappa shape index (κ1) is 13.3. The van der Waals surface area contributed by atoms with Crippen molar-refractivity contribution in [2.75, 3.05) is 4.90 Å². The Morgan fingerprint density at radius 2 is 1.55 bits per heavy atom. The van der Waals surface area contributed by atoms with Crippen molar-refractivity contribution in [3.05, 3.63) is 57.6 Å². The summed E-state index contributed by atoms with van der Waals surface area (Å²) < 4.78 is 0. The zero-order valence-corrected chi connectivity index (χ0v) is 12.4. The Balaban J connectivity index is 1.87. The average Bonchev–Trinajstić information content (AvgIpc) is 3.00. The van der Waals surface area contributed by atoms with Crippen LogP contribution in [0.15, 0.2) is 36.4 Å². The molecule has 0 spiro atoms. The van der Waals surface area contributed by atoms with Gasteiger partial charge < -0.3 is 4.98 Å². The Kier molecular flexibility index (Phi) is 2.76. The van der Waals surface area contributed by atoms with E-state index in [2.05, 4.69) is 9.97 Å². The molecule has 0 radical (unpaired) electrons. The predicted molar refractivity (Wildman–Crippen MR) is 83.7 cm³/mol. The number of nitrogens with one attached hydrogen (secondary N) is 1. The molecule has 1 N–H and O–H groups in total. The summed E-state index contributed by atoms with van der Waals surface area (Å²) in [6, 6.07) is 9.85. The number of fused-ring (bicyclic) bond motifs is 2. The second-order valence-corrected chi connectivity index (χ2v) is 5.65. The number of imide groups is 1. The molecule has 22 heavy (non-hydrogen) atoms. The summed E-state index contributed by atoms with van der Waals surface area (Å²) in [5.74, 6) is -0.659. The lowest BCUT2D eigenvalue weighted by Gasteiger charge is -2.08. The van der Waals surface area contributed by atoms with Gasteiger partial charge in [-0.15, -0.1) is 0 Å². The van der Waals surface area contributed by atoms with Crippen LogP contribution >= 0.6 is 23.2 Å². The van der Waals surface area contributed by atoms with E-state index in [1.54, 1.807) is 36.4 Å². The Hall–Kier alpha value is -2.37. The molecule has 0 bridgehead atoms. The van der Waals surface area contributed by atoms with E-state index in [1.165, 1.54) is 0 Å². The van der Waals surface area contributed by atoms with Gasteiger partial charge in [-0.3, -0.25) is 9.59 Å². The molecule has 0 fully saturated rings. The second-order valence-electron chi connectivity index (χ2n) is 4.84. The maximum absolute atomic E-state index is 12.4. The molecule has 0 saturated carbocycles. The third-order valence-electron chi connectivity index (χ3n) is 3.52. The van der Waals surface area contributed by atoms with E-state index in [4.69, 9.17) is 23.2 Å². The quantitative estimate of drug-likeness (QED) is 0.692. The van der Waals surface area contributed by atoms with Crippen molar-refractivity contribution in [3.63, 3.8) is 0 Å². The molecular weight excluding hydrogens is 325 g/mol. The number of amides is 2. The van der Waals surface area contributed by atoms with Crippen LogP contribution in [0.5, 0.6) is 0 Å². The summed E-state index contributed by atoms with van der Waals surface area (Å²) in [6.45, 7) is 0. The summed E-state index contributed by atoms with van der Waals surface area (Å²) in [7, 11) is 0. The average molecular weight is 332 g/mol. The van der Waals surface area contributed by atoms with Gasteiger partial charge in [-0.05, 0) is 24.3 Å². The standard InChI is InChI=1S/C15H7Cl2N3O2/c16-9-5-11-12(6-10(9)17)19-15(18-11)20-13(21)7-3-1-2-4-8(7)14(20)22/h1-6H,(H,18,19). The normalized spacial score (nSPS) is 14.0. The molecule has 0 saturated heterocycles. The van der Waals surface area contributed by atoms with E-state index in [9.17, 15) is 9.59 Å². The number of carbonyl (C=O) groups is 2. The molecule has 0 aliphatic carbocycles. The highest BCUT2D eigenvalue weighted by Gasteiger charge is 2.38. The zero-order chi connectivity index (χ0) is 15.4. The number of anilines is 1. The van der Waals surface area contributed by atoms with Crippen LogP contribution in [0.2, 0.25) is 10.0 Å². The van der Waals surface area contributed by atoms with E-state index >= 15 is 0 Å². The maximum atomic E-state index is 12.4. The molecule has 3 aromatic rings. The van der Waals surface area contributed by atoms with Crippen molar-refractivity contribution in [2.45, 2.75) is 0 Å². The number of halogens is 2. The van der Waals surface area contributed by atoms with E-state index in [-0.39, 0.29) is 5.95 Å². The highest BCUT2D eigenvalue weighted by atomic mass is 35.5. The number of aromatic amines is 1. The van der Waals surface area contributed by atoms with E-state index in [0.717, 1.165) is 4.90 Å². The molecule has 7 heteroatoms. The summed E-state index contributed by atoms with van der Waals surface area (Å²) in [5.41, 5.74) is 1.86. The lowest BCUT2D eigenvalue weighted by atomic mass is 10.1. The lowest BCUT2D eigenvalue weighted by Crippen LogP contribution is -2.30. The summed E-state index contributed by atoms with van der Waals surface area (Å²) >= 11 is 11.9. The highest BCUT2D eigenvalue weighted by Crippen LogP contribution is 2.31. The fourth-order valence-electron chi connectivity index (χ4n) is 2.48. The van der Waals surface area contributed by atoms with Gasteiger partial charge in [-0.2, -0.15) is 0 Å². The number of benzene rings is 2. The number of H-pyrrole nitrogens is 1. The van der Waals surface area contributed by atoms with Gasteiger partial charge in [0.25, 0.3) is 11.8 Å². The van der Waals surface area contributed by atoms with Gasteiger partial charge in [-0.25, -0.2) is 9.88 Å². The summed E-state index contributed by atoms with van der Waals surface area (Å²) in [6.07, 6.45) is 0. The van der Waals surface area contributed by atoms with Gasteiger partial charge in [0.1, 0.15) is 0 Å². The lowest BCUT2D eigenvalue weighted by molar-refractivity contribution is 0.0924. The Bertz CT molecular complexity index is 891. The largest absolute Gasteiger partial charge is 0.323 e. The number of imidazole rings is 1. The van der Waals surface area contributed by atoms with Crippen LogP contribution in [0.3, 0.4) is 0 Å². The topological polar surface area (TPSA) is 66.1 Å². The number of carbonyl (C=O) groups excluding carboxylic acids is 2. The van der Waals surface area contributed by atoms with Gasteiger partial charge in [-0.1, -0.05) is 35.3 Å². The van der Waals surface area contributed by atoms with Crippen molar-refractivity contribution < 1.29 is 9.59 Å². The minimum Gasteiger partial charge on any atom is -0.323 e. The molecule has 2 amide bonds. The molecule has 1 aliphatic rings. The van der Waals surface area contributed by atoms with E-state index < -0.39 is 11.8 Å². The van der Waals surface area contributed by atoms with Crippen molar-refractivity contribution in [1.29, 1.82) is 0 Å². The maximum Gasteiger partial charge on any atom is 0.268 e. The first-order chi connectivity index (χ1) is 10.6. The number of hydrogen-bond donors (Lipinski definition) is 1. The van der Waals surface area contributed by atoms with Crippen LogP contribution in [0.1, 0.15) is 20.7 Å². The molecule has 2 aromatic carbocycles. The first-order valence-corrected chi connectivity index (χ1v) is 7.14. The Morgan fingerprint density at radius 1 is 0.955 bits per heavy atom. The third kappa shape index (κ3) is 1.76. The van der Waals surface area contributed by atoms with Gasteiger partial charge in [0.05, 0.1) is 32.2 Å². The molecule has 0 unspecified atom stereocenters. The molecule has 0 atom stereocenters. The number of hydrogen-bond acceptors (Lipinski definition) is 3. The Morgan fingerprint density at radius 3 is 2.18 bits per heavy atom. The summed E-state index contributed by atoms with van der Waals surface area (Å²) in [4.78, 5) is 33.0. The van der Waals surface area contributed by atoms with E-state index in [1.807, 2.05) is 0 Å². The number of nitrogens with zero attached hydrogens (tertiary/aromatic N) is 2. The van der Waals surface area contributed by atoms with Crippen molar-refractivity contribution in [2.24, 2.45) is 0 Å². The van der Waals surface area contributed by atoms with Gasteiger partial charge in [0.2, 0.25) is 5.95 Å². The van der Waals surface area contributed by atoms with Crippen LogP contribution in [-0.2, 0) is 0 Å². The molecule has 1 aliphatic heterocycles. The van der Waals surface area contributed by atoms with E-state index in [0.29, 0.717) is 32.2 Å². The fourth-order valence-corrected chi connectivity index (χ4v) is 2.80. The van der Waals surface area contributed by atoms with Crippen LogP contribution < -0.4 is 4.90 Å². The highest BCUT2D eigenvalue weighted by molar-refractivity contribution is 6.42. The molecular formula is C15H7Cl2N3O2. The van der Waals surface area contributed by atoms with Gasteiger partial charge in [0.15, 0.2) is 0 Å². The fraction of sp³-hybridized carbons (Fsp3) is 0. The minimum atomic E-state index is -0.406. The van der Waals surface area contributed by atoms with Crippen molar-refractivity contribution in [3.8, 4) is 0 Å². The van der Waals surface area contributed by atoms with Crippen LogP contribution in [0.4, 0.5) is 5.95 Å². The number of rotatable bonds is 1. The van der Waals surface area contributed by atoms with Gasteiger partial charge in [0, 0.05) is 0 Å². The van der Waals surface area contributed by atoms with Crippen molar-refractivity contribution in [1.82, 2.24) is 9.97 Å².